The van der Waals surface area contributed by atoms with Crippen molar-refractivity contribution in [3.8, 4) is 34.4 Å². The van der Waals surface area contributed by atoms with Crippen LogP contribution in [0.25, 0.3) is 33.9 Å². The summed E-state index contributed by atoms with van der Waals surface area (Å²) in [6, 6.07) is 9.95. The summed E-state index contributed by atoms with van der Waals surface area (Å²) in [6.07, 6.45) is 3.14. The van der Waals surface area contributed by atoms with Crippen molar-refractivity contribution in [1.29, 1.82) is 0 Å². The van der Waals surface area contributed by atoms with Gasteiger partial charge in [-0.25, -0.2) is 19.3 Å². The van der Waals surface area contributed by atoms with Gasteiger partial charge in [-0.15, -0.1) is 0 Å². The zero-order chi connectivity index (χ0) is 27.5. The zero-order valence-corrected chi connectivity index (χ0v) is 22.3. The summed E-state index contributed by atoms with van der Waals surface area (Å²) < 4.78 is 31.3. The number of halogens is 2. The maximum atomic E-state index is 14.5. The SMILES string of the molecule is COc1cnc(-c2cc(Cl)ccc2F)nc1Nc1c[nH]nc1-c1nc2cc(OCCN3CCOCC3)ccc2[nH]1. The highest BCUT2D eigenvalue weighted by atomic mass is 35.5. The minimum Gasteiger partial charge on any atom is -0.492 e. The summed E-state index contributed by atoms with van der Waals surface area (Å²) in [6.45, 7) is 4.79. The molecular weight excluding hydrogens is 539 g/mol. The quantitative estimate of drug-likeness (QED) is 0.234. The number of aromatic amines is 2. The van der Waals surface area contributed by atoms with Gasteiger partial charge in [-0.3, -0.25) is 10.00 Å². The molecule has 1 saturated heterocycles. The minimum atomic E-state index is -0.490. The van der Waals surface area contributed by atoms with Gasteiger partial charge in [-0.1, -0.05) is 11.6 Å². The number of anilines is 2. The van der Waals surface area contributed by atoms with Gasteiger partial charge in [0.25, 0.3) is 0 Å². The maximum absolute atomic E-state index is 14.5. The lowest BCUT2D eigenvalue weighted by Crippen LogP contribution is -2.38. The van der Waals surface area contributed by atoms with E-state index in [1.807, 2.05) is 18.2 Å². The minimum absolute atomic E-state index is 0.151. The van der Waals surface area contributed by atoms with Crippen LogP contribution in [0.4, 0.5) is 15.9 Å². The van der Waals surface area contributed by atoms with E-state index in [4.69, 9.17) is 30.8 Å². The number of nitrogens with zero attached hydrogens (tertiary/aromatic N) is 5. The molecule has 3 N–H and O–H groups in total. The Kier molecular flexibility index (Phi) is 7.45. The number of rotatable bonds is 9. The van der Waals surface area contributed by atoms with Gasteiger partial charge >= 0.3 is 0 Å². The second-order valence-corrected chi connectivity index (χ2v) is 9.51. The van der Waals surface area contributed by atoms with E-state index in [2.05, 4.69) is 35.4 Å². The molecule has 0 spiro atoms. The fourth-order valence-electron chi connectivity index (χ4n) is 4.41. The van der Waals surface area contributed by atoms with E-state index in [0.29, 0.717) is 40.4 Å². The summed E-state index contributed by atoms with van der Waals surface area (Å²) in [5, 5.41) is 10.8. The first-order valence-corrected chi connectivity index (χ1v) is 13.1. The Labute approximate surface area is 233 Å². The van der Waals surface area contributed by atoms with Crippen LogP contribution < -0.4 is 14.8 Å². The van der Waals surface area contributed by atoms with Gasteiger partial charge < -0.3 is 24.5 Å². The molecule has 1 fully saturated rings. The topological polar surface area (TPSA) is 126 Å². The number of methoxy groups -OCH3 is 1. The normalized spacial score (nSPS) is 14.0. The molecule has 0 bridgehead atoms. The second-order valence-electron chi connectivity index (χ2n) is 9.07. The Hall–Kier alpha value is -4.26. The fourth-order valence-corrected chi connectivity index (χ4v) is 4.58. The maximum Gasteiger partial charge on any atom is 0.179 e. The number of benzene rings is 2. The van der Waals surface area contributed by atoms with Gasteiger partial charge in [0.05, 0.1) is 48.8 Å². The Bertz CT molecular complexity index is 1640. The summed E-state index contributed by atoms with van der Waals surface area (Å²) in [7, 11) is 1.50. The van der Waals surface area contributed by atoms with Crippen molar-refractivity contribution in [3.63, 3.8) is 0 Å². The van der Waals surface area contributed by atoms with Crippen LogP contribution in [-0.4, -0.2) is 81.6 Å². The lowest BCUT2D eigenvalue weighted by Gasteiger charge is -2.26. The molecule has 1 aliphatic rings. The summed E-state index contributed by atoms with van der Waals surface area (Å²) in [5.74, 6) is 1.63. The van der Waals surface area contributed by atoms with E-state index in [1.165, 1.54) is 31.5 Å². The average molecular weight is 565 g/mol. The first-order chi connectivity index (χ1) is 19.6. The van der Waals surface area contributed by atoms with Gasteiger partial charge in [-0.05, 0) is 30.3 Å². The van der Waals surface area contributed by atoms with Crippen LogP contribution in [0.5, 0.6) is 11.5 Å². The number of morpholine rings is 1. The smallest absolute Gasteiger partial charge is 0.179 e. The predicted octanol–water partition coefficient (Wildman–Crippen LogP) is 4.67. The van der Waals surface area contributed by atoms with Crippen LogP contribution in [0.15, 0.2) is 48.8 Å². The van der Waals surface area contributed by atoms with E-state index in [1.54, 1.807) is 6.20 Å². The van der Waals surface area contributed by atoms with Crippen molar-refractivity contribution in [1.82, 2.24) is 35.0 Å². The van der Waals surface area contributed by atoms with Crippen LogP contribution in [0.2, 0.25) is 5.02 Å². The monoisotopic (exact) mass is 564 g/mol. The molecule has 0 radical (unpaired) electrons. The Morgan fingerprint density at radius 1 is 1.15 bits per heavy atom. The molecule has 0 amide bonds. The van der Waals surface area contributed by atoms with Gasteiger partial charge in [0.15, 0.2) is 28.9 Å². The Morgan fingerprint density at radius 3 is 2.88 bits per heavy atom. The third kappa shape index (κ3) is 5.55. The number of fused-ring (bicyclic) bond motifs is 1. The lowest BCUT2D eigenvalue weighted by atomic mass is 10.2. The van der Waals surface area contributed by atoms with Crippen LogP contribution >= 0.6 is 11.6 Å². The van der Waals surface area contributed by atoms with Crippen molar-refractivity contribution >= 4 is 34.1 Å². The van der Waals surface area contributed by atoms with Crippen molar-refractivity contribution in [2.75, 3.05) is 51.9 Å². The van der Waals surface area contributed by atoms with Crippen LogP contribution in [0, 0.1) is 5.82 Å². The van der Waals surface area contributed by atoms with Crippen molar-refractivity contribution in [3.05, 3.63) is 59.6 Å². The molecule has 0 saturated carbocycles. The fraction of sp³-hybridized carbons (Fsp3) is 0.259. The molecule has 0 atom stereocenters. The van der Waals surface area contributed by atoms with Gasteiger partial charge in [0.1, 0.15) is 18.2 Å². The first kappa shape index (κ1) is 26.0. The third-order valence-electron chi connectivity index (χ3n) is 6.50. The summed E-state index contributed by atoms with van der Waals surface area (Å²) in [4.78, 5) is 19.1. The first-order valence-electron chi connectivity index (χ1n) is 12.7. The summed E-state index contributed by atoms with van der Waals surface area (Å²) >= 11 is 6.07. The van der Waals surface area contributed by atoms with Gasteiger partial charge in [0, 0.05) is 36.9 Å². The number of H-pyrrole nitrogens is 2. The number of ether oxygens (including phenoxy) is 3. The molecule has 5 aromatic rings. The van der Waals surface area contributed by atoms with Crippen LogP contribution in [0.3, 0.4) is 0 Å². The molecule has 13 heteroatoms. The summed E-state index contributed by atoms with van der Waals surface area (Å²) in [5.41, 5.74) is 2.86. The molecule has 2 aromatic carbocycles. The number of nitrogens with one attached hydrogen (secondary N) is 3. The predicted molar refractivity (Wildman–Crippen MR) is 149 cm³/mol. The molecule has 11 nitrogen and oxygen atoms in total. The molecule has 1 aliphatic heterocycles. The molecular formula is C27H26ClFN8O3. The van der Waals surface area contributed by atoms with Gasteiger partial charge in [0.2, 0.25) is 0 Å². The second kappa shape index (κ2) is 11.5. The van der Waals surface area contributed by atoms with Crippen LogP contribution in [0.1, 0.15) is 0 Å². The van der Waals surface area contributed by atoms with E-state index < -0.39 is 5.82 Å². The molecule has 40 heavy (non-hydrogen) atoms. The molecule has 206 valence electrons. The third-order valence-corrected chi connectivity index (χ3v) is 6.73. The number of aromatic nitrogens is 6. The van der Waals surface area contributed by atoms with Crippen molar-refractivity contribution < 1.29 is 18.6 Å². The van der Waals surface area contributed by atoms with Crippen LogP contribution in [-0.2, 0) is 4.74 Å². The lowest BCUT2D eigenvalue weighted by molar-refractivity contribution is 0.0322. The van der Waals surface area contributed by atoms with Crippen molar-refractivity contribution in [2.45, 2.75) is 0 Å². The zero-order valence-electron chi connectivity index (χ0n) is 21.6. The highest BCUT2D eigenvalue weighted by molar-refractivity contribution is 6.30. The highest BCUT2D eigenvalue weighted by Gasteiger charge is 2.18. The van der Waals surface area contributed by atoms with E-state index in [-0.39, 0.29) is 11.4 Å². The molecule has 0 aliphatic carbocycles. The Morgan fingerprint density at radius 2 is 2.02 bits per heavy atom. The molecule has 0 unspecified atom stereocenters. The highest BCUT2D eigenvalue weighted by Crippen LogP contribution is 2.33. The molecule has 3 aromatic heterocycles. The van der Waals surface area contributed by atoms with E-state index >= 15 is 0 Å². The standard InChI is InChI=1S/C27H26ClFN8O3/c1-38-23-15-30-25(18-12-16(28)2-4-19(18)29)35-26(23)34-22-14-31-36-24(22)27-32-20-5-3-17(13-21(20)33-27)40-11-8-37-6-9-39-10-7-37/h2-5,12-15H,6-11H2,1H3,(H,31,36)(H,32,33)(H,30,34,35). The van der Waals surface area contributed by atoms with E-state index in [0.717, 1.165) is 49.6 Å². The largest absolute Gasteiger partial charge is 0.492 e. The Balaban J connectivity index is 1.22. The molecule has 6 rings (SSSR count). The number of imidazole rings is 1. The number of hydrogen-bond acceptors (Lipinski definition) is 9. The number of hydrogen-bond donors (Lipinski definition) is 3. The molecule has 4 heterocycles. The van der Waals surface area contributed by atoms with Crippen molar-refractivity contribution in [2.24, 2.45) is 0 Å². The average Bonchev–Trinajstić information content (AvgIpc) is 3.61. The van der Waals surface area contributed by atoms with Gasteiger partial charge in [-0.2, -0.15) is 5.10 Å². The van der Waals surface area contributed by atoms with E-state index in [9.17, 15) is 4.39 Å².